The van der Waals surface area contributed by atoms with Crippen LogP contribution in [0.5, 0.6) is 0 Å². The molecule has 20 heavy (non-hydrogen) atoms. The van der Waals surface area contributed by atoms with Crippen LogP contribution in [0.4, 0.5) is 0 Å². The van der Waals surface area contributed by atoms with Gasteiger partial charge in [0.1, 0.15) is 0 Å². The zero-order chi connectivity index (χ0) is 15.2. The average molecular weight is 280 g/mol. The molecule has 1 aromatic carbocycles. The fourth-order valence-electron chi connectivity index (χ4n) is 1.87. The highest BCUT2D eigenvalue weighted by Gasteiger charge is 2.41. The molecule has 0 aliphatic rings. The van der Waals surface area contributed by atoms with Gasteiger partial charge in [-0.15, -0.1) is 0 Å². The third-order valence-electron chi connectivity index (χ3n) is 3.64. The monoisotopic (exact) mass is 280 g/mol. The average Bonchev–Trinajstić information content (AvgIpc) is 2.45. The number of aliphatic hydroxyl groups is 1. The molecular formula is C16H24O4. The van der Waals surface area contributed by atoms with Gasteiger partial charge in [0.2, 0.25) is 0 Å². The maximum atomic E-state index is 11.8. The molecule has 4 nitrogen and oxygen atoms in total. The Morgan fingerprint density at radius 1 is 1.30 bits per heavy atom. The minimum absolute atomic E-state index is 0.251. The maximum Gasteiger partial charge on any atom is 0.338 e. The van der Waals surface area contributed by atoms with Crippen molar-refractivity contribution in [3.05, 3.63) is 35.9 Å². The van der Waals surface area contributed by atoms with Gasteiger partial charge in [0.15, 0.2) is 5.60 Å². The summed E-state index contributed by atoms with van der Waals surface area (Å²) in [5.41, 5.74) is -0.492. The quantitative estimate of drug-likeness (QED) is 0.780. The summed E-state index contributed by atoms with van der Waals surface area (Å²) in [7, 11) is 0. The second-order valence-corrected chi connectivity index (χ2v) is 5.16. The zero-order valence-corrected chi connectivity index (χ0v) is 12.6. The molecule has 1 N–H and O–H groups in total. The van der Waals surface area contributed by atoms with Crippen molar-refractivity contribution in [3.8, 4) is 0 Å². The molecule has 0 fully saturated rings. The maximum absolute atomic E-state index is 11.8. The van der Waals surface area contributed by atoms with E-state index in [-0.39, 0.29) is 18.6 Å². The number of benzene rings is 1. The van der Waals surface area contributed by atoms with Crippen LogP contribution in [0.1, 0.15) is 33.3 Å². The number of carbonyl (C=O) groups excluding carboxylic acids is 1. The van der Waals surface area contributed by atoms with E-state index in [1.807, 2.05) is 37.3 Å². The van der Waals surface area contributed by atoms with E-state index < -0.39 is 11.6 Å². The summed E-state index contributed by atoms with van der Waals surface area (Å²) in [6.45, 7) is 7.52. The third kappa shape index (κ3) is 4.32. The second-order valence-electron chi connectivity index (χ2n) is 5.16. The number of esters is 1. The summed E-state index contributed by atoms with van der Waals surface area (Å²) in [6, 6.07) is 9.78. The van der Waals surface area contributed by atoms with E-state index in [1.54, 1.807) is 13.8 Å². The molecule has 0 aliphatic carbocycles. The summed E-state index contributed by atoms with van der Waals surface area (Å²) < 4.78 is 10.6. The van der Waals surface area contributed by atoms with E-state index in [0.29, 0.717) is 6.61 Å². The molecule has 0 bridgehead atoms. The first-order chi connectivity index (χ1) is 9.39. The van der Waals surface area contributed by atoms with Crippen LogP contribution in [0.3, 0.4) is 0 Å². The van der Waals surface area contributed by atoms with Crippen LogP contribution in [0, 0.1) is 5.92 Å². The number of hydrogen-bond donors (Lipinski definition) is 1. The van der Waals surface area contributed by atoms with Crippen LogP contribution in [0.25, 0.3) is 0 Å². The molecule has 0 saturated carbocycles. The molecular weight excluding hydrogens is 256 g/mol. The van der Waals surface area contributed by atoms with Gasteiger partial charge >= 0.3 is 5.97 Å². The molecule has 0 amide bonds. The summed E-state index contributed by atoms with van der Waals surface area (Å²) in [5.74, 6) is -0.979. The molecule has 112 valence electrons. The van der Waals surface area contributed by atoms with Gasteiger partial charge in [-0.05, 0) is 26.3 Å². The Bertz CT molecular complexity index is 414. The lowest BCUT2D eigenvalue weighted by molar-refractivity contribution is -0.174. The highest BCUT2D eigenvalue weighted by molar-refractivity contribution is 5.79. The van der Waals surface area contributed by atoms with Crippen LogP contribution in [0.15, 0.2) is 30.3 Å². The van der Waals surface area contributed by atoms with Gasteiger partial charge in [-0.1, -0.05) is 37.3 Å². The van der Waals surface area contributed by atoms with Crippen LogP contribution in [-0.2, 0) is 20.9 Å². The summed E-state index contributed by atoms with van der Waals surface area (Å²) in [5, 5.41) is 10.3. The van der Waals surface area contributed by atoms with Gasteiger partial charge < -0.3 is 14.6 Å². The van der Waals surface area contributed by atoms with Crippen LogP contribution in [-0.4, -0.2) is 29.4 Å². The molecule has 0 heterocycles. The van der Waals surface area contributed by atoms with Crippen molar-refractivity contribution in [2.24, 2.45) is 5.92 Å². The summed E-state index contributed by atoms with van der Waals surface area (Å²) >= 11 is 0. The van der Waals surface area contributed by atoms with Crippen molar-refractivity contribution >= 4 is 5.97 Å². The fraction of sp³-hybridized carbons (Fsp3) is 0.562. The molecule has 0 radical (unpaired) electrons. The predicted molar refractivity (Wildman–Crippen MR) is 77.1 cm³/mol. The van der Waals surface area contributed by atoms with Crippen molar-refractivity contribution in [3.63, 3.8) is 0 Å². The van der Waals surface area contributed by atoms with Crippen molar-refractivity contribution < 1.29 is 19.4 Å². The minimum atomic E-state index is -1.55. The number of carbonyl (C=O) groups is 1. The molecule has 1 rings (SSSR count). The molecule has 0 spiro atoms. The first-order valence-electron chi connectivity index (χ1n) is 6.94. The lowest BCUT2D eigenvalue weighted by atomic mass is 9.87. The smallest absolute Gasteiger partial charge is 0.338 e. The van der Waals surface area contributed by atoms with Gasteiger partial charge in [-0.25, -0.2) is 4.79 Å². The molecule has 3 atom stereocenters. The molecule has 4 heteroatoms. The normalized spacial score (nSPS) is 17.1. The molecule has 0 saturated heterocycles. The Balaban J connectivity index is 2.57. The van der Waals surface area contributed by atoms with Gasteiger partial charge in [0.25, 0.3) is 0 Å². The Hall–Kier alpha value is -1.39. The molecule has 0 aromatic heterocycles. The molecule has 1 aromatic rings. The topological polar surface area (TPSA) is 55.8 Å². The van der Waals surface area contributed by atoms with Gasteiger partial charge in [-0.3, -0.25) is 0 Å². The van der Waals surface area contributed by atoms with Crippen LogP contribution in [0.2, 0.25) is 0 Å². The van der Waals surface area contributed by atoms with Crippen molar-refractivity contribution in [1.29, 1.82) is 0 Å². The Morgan fingerprint density at radius 3 is 2.45 bits per heavy atom. The Kier molecular flexibility index (Phi) is 6.17. The van der Waals surface area contributed by atoms with E-state index >= 15 is 0 Å². The van der Waals surface area contributed by atoms with Gasteiger partial charge in [0.05, 0.1) is 19.3 Å². The Morgan fingerprint density at radius 2 is 1.90 bits per heavy atom. The van der Waals surface area contributed by atoms with E-state index in [9.17, 15) is 9.90 Å². The van der Waals surface area contributed by atoms with Gasteiger partial charge in [0, 0.05) is 5.92 Å². The van der Waals surface area contributed by atoms with Crippen molar-refractivity contribution in [2.75, 3.05) is 6.61 Å². The lowest BCUT2D eigenvalue weighted by Gasteiger charge is -2.32. The van der Waals surface area contributed by atoms with Crippen molar-refractivity contribution in [1.82, 2.24) is 0 Å². The SMILES string of the molecule is CCOC(=O)C(C)(O)[C@H](C)[C@H](C)OCc1ccccc1. The zero-order valence-electron chi connectivity index (χ0n) is 12.6. The lowest BCUT2D eigenvalue weighted by Crippen LogP contribution is -2.47. The first kappa shape index (κ1) is 16.7. The summed E-state index contributed by atoms with van der Waals surface area (Å²) in [4.78, 5) is 11.8. The van der Waals surface area contributed by atoms with Crippen LogP contribution < -0.4 is 0 Å². The number of hydrogen-bond acceptors (Lipinski definition) is 4. The number of rotatable bonds is 7. The standard InChI is InChI=1S/C16H24O4/c1-5-19-15(17)16(4,18)12(2)13(3)20-11-14-9-7-6-8-10-14/h6-10,12-13,18H,5,11H2,1-4H3/t12-,13+,16?/m1/s1. The van der Waals surface area contributed by atoms with E-state index in [4.69, 9.17) is 9.47 Å². The van der Waals surface area contributed by atoms with E-state index in [2.05, 4.69) is 0 Å². The van der Waals surface area contributed by atoms with E-state index in [0.717, 1.165) is 5.56 Å². The third-order valence-corrected chi connectivity index (χ3v) is 3.64. The highest BCUT2D eigenvalue weighted by Crippen LogP contribution is 2.24. The Labute approximate surface area is 120 Å². The summed E-state index contributed by atoms with van der Waals surface area (Å²) in [6.07, 6.45) is -0.269. The molecule has 1 unspecified atom stereocenters. The largest absolute Gasteiger partial charge is 0.464 e. The van der Waals surface area contributed by atoms with Crippen LogP contribution >= 0.6 is 0 Å². The van der Waals surface area contributed by atoms with E-state index in [1.165, 1.54) is 6.92 Å². The predicted octanol–water partition coefficient (Wildman–Crippen LogP) is 2.54. The minimum Gasteiger partial charge on any atom is -0.464 e. The highest BCUT2D eigenvalue weighted by atomic mass is 16.5. The molecule has 0 aliphatic heterocycles. The number of ether oxygens (including phenoxy) is 2. The van der Waals surface area contributed by atoms with Gasteiger partial charge in [-0.2, -0.15) is 0 Å². The second kappa shape index (κ2) is 7.41. The van der Waals surface area contributed by atoms with Crippen molar-refractivity contribution in [2.45, 2.75) is 46.0 Å². The fourth-order valence-corrected chi connectivity index (χ4v) is 1.87. The first-order valence-corrected chi connectivity index (χ1v) is 6.94.